The Morgan fingerprint density at radius 1 is 1.20 bits per heavy atom. The Bertz CT molecular complexity index is 564. The average molecular weight is 278 g/mol. The summed E-state index contributed by atoms with van der Waals surface area (Å²) >= 11 is 0. The average Bonchev–Trinajstić information content (AvgIpc) is 2.73. The van der Waals surface area contributed by atoms with Crippen LogP contribution in [0.1, 0.15) is 30.7 Å². The van der Waals surface area contributed by atoms with Gasteiger partial charge in [-0.3, -0.25) is 0 Å². The van der Waals surface area contributed by atoms with E-state index < -0.39 is 0 Å². The third-order valence-electron chi connectivity index (χ3n) is 2.54. The fourth-order valence-corrected chi connectivity index (χ4v) is 1.48. The van der Waals surface area contributed by atoms with Crippen molar-refractivity contribution >= 4 is 11.9 Å². The van der Waals surface area contributed by atoms with Crippen LogP contribution in [0, 0.1) is 13.8 Å². The number of rotatable bonds is 6. The molecule has 0 amide bonds. The zero-order chi connectivity index (χ0) is 14.5. The molecule has 0 aliphatic rings. The van der Waals surface area contributed by atoms with Crippen molar-refractivity contribution < 1.29 is 9.15 Å². The predicted molar refractivity (Wildman–Crippen MR) is 73.3 cm³/mol. The summed E-state index contributed by atoms with van der Waals surface area (Å²) in [6, 6.07) is 0.210. The molecule has 0 spiro atoms. The molecule has 8 nitrogen and oxygen atoms in total. The minimum atomic E-state index is 0.105. The molecule has 0 radical (unpaired) electrons. The molecule has 20 heavy (non-hydrogen) atoms. The van der Waals surface area contributed by atoms with Crippen molar-refractivity contribution in [2.45, 2.75) is 33.7 Å². The summed E-state index contributed by atoms with van der Waals surface area (Å²) in [7, 11) is 0. The maximum absolute atomic E-state index is 5.61. The van der Waals surface area contributed by atoms with Crippen LogP contribution in [0.4, 0.5) is 11.9 Å². The molecule has 0 aliphatic carbocycles. The van der Waals surface area contributed by atoms with E-state index in [0.717, 1.165) is 17.9 Å². The lowest BCUT2D eigenvalue weighted by molar-refractivity contribution is 0.292. The van der Waals surface area contributed by atoms with Crippen LogP contribution in [0.2, 0.25) is 0 Å². The summed E-state index contributed by atoms with van der Waals surface area (Å²) in [5.41, 5.74) is 6.47. The third kappa shape index (κ3) is 3.56. The van der Waals surface area contributed by atoms with Crippen molar-refractivity contribution in [3.05, 3.63) is 17.3 Å². The third-order valence-corrected chi connectivity index (χ3v) is 2.54. The fraction of sp³-hybridized carbons (Fsp3) is 0.500. The summed E-state index contributed by atoms with van der Waals surface area (Å²) in [4.78, 5) is 16.2. The molecule has 0 saturated heterocycles. The fourth-order valence-electron chi connectivity index (χ4n) is 1.48. The number of oxazole rings is 1. The van der Waals surface area contributed by atoms with Crippen LogP contribution in [0.25, 0.3) is 0 Å². The lowest BCUT2D eigenvalue weighted by Crippen LogP contribution is -2.09. The van der Waals surface area contributed by atoms with Crippen LogP contribution in [-0.4, -0.2) is 26.5 Å². The van der Waals surface area contributed by atoms with E-state index in [-0.39, 0.29) is 12.0 Å². The molecule has 2 aromatic rings. The molecule has 0 unspecified atom stereocenters. The van der Waals surface area contributed by atoms with Crippen LogP contribution < -0.4 is 15.8 Å². The summed E-state index contributed by atoms with van der Waals surface area (Å²) in [6.45, 7) is 6.65. The van der Waals surface area contributed by atoms with Crippen molar-refractivity contribution in [3.63, 3.8) is 0 Å². The lowest BCUT2D eigenvalue weighted by atomic mass is 10.4. The Morgan fingerprint density at radius 2 is 2.00 bits per heavy atom. The molecule has 0 bridgehead atoms. The van der Waals surface area contributed by atoms with E-state index >= 15 is 0 Å². The number of aromatic nitrogens is 4. The van der Waals surface area contributed by atoms with Crippen LogP contribution in [-0.2, 0) is 6.54 Å². The van der Waals surface area contributed by atoms with E-state index in [4.69, 9.17) is 14.9 Å². The molecular formula is C12H18N6O2. The van der Waals surface area contributed by atoms with Crippen LogP contribution in [0.15, 0.2) is 4.42 Å². The normalized spacial score (nSPS) is 10.6. The Balaban J connectivity index is 2.03. The molecule has 0 aromatic carbocycles. The zero-order valence-electron chi connectivity index (χ0n) is 11.8. The maximum Gasteiger partial charge on any atom is 0.323 e. The van der Waals surface area contributed by atoms with Gasteiger partial charge in [-0.1, -0.05) is 6.92 Å². The summed E-state index contributed by atoms with van der Waals surface area (Å²) in [5.74, 6) is 1.80. The van der Waals surface area contributed by atoms with Crippen molar-refractivity contribution in [2.75, 3.05) is 17.7 Å². The molecule has 2 heterocycles. The molecule has 0 aliphatic heterocycles. The van der Waals surface area contributed by atoms with Gasteiger partial charge in [-0.2, -0.15) is 15.0 Å². The molecule has 8 heteroatoms. The SMILES string of the molecule is CCCOc1nc(N)nc(NCc2nc(C)c(C)o2)n1. The van der Waals surface area contributed by atoms with Gasteiger partial charge in [0.15, 0.2) is 0 Å². The second-order valence-electron chi connectivity index (χ2n) is 4.25. The van der Waals surface area contributed by atoms with Gasteiger partial charge in [-0.15, -0.1) is 0 Å². The number of nitrogen functional groups attached to an aromatic ring is 1. The number of aryl methyl sites for hydroxylation is 2. The lowest BCUT2D eigenvalue weighted by Gasteiger charge is -2.06. The highest BCUT2D eigenvalue weighted by atomic mass is 16.5. The van der Waals surface area contributed by atoms with Gasteiger partial charge >= 0.3 is 6.01 Å². The van der Waals surface area contributed by atoms with Gasteiger partial charge in [0, 0.05) is 0 Å². The van der Waals surface area contributed by atoms with Gasteiger partial charge < -0.3 is 20.2 Å². The monoisotopic (exact) mass is 278 g/mol. The van der Waals surface area contributed by atoms with Gasteiger partial charge in [0.05, 0.1) is 18.8 Å². The van der Waals surface area contributed by atoms with Gasteiger partial charge in [0.1, 0.15) is 5.76 Å². The van der Waals surface area contributed by atoms with E-state index in [1.165, 1.54) is 0 Å². The second kappa shape index (κ2) is 6.18. The van der Waals surface area contributed by atoms with Crippen molar-refractivity contribution in [1.82, 2.24) is 19.9 Å². The Kier molecular flexibility index (Phi) is 4.34. The summed E-state index contributed by atoms with van der Waals surface area (Å²) in [5, 5.41) is 2.98. The van der Waals surface area contributed by atoms with Crippen LogP contribution in [0.5, 0.6) is 6.01 Å². The van der Waals surface area contributed by atoms with Crippen LogP contribution in [0.3, 0.4) is 0 Å². The van der Waals surface area contributed by atoms with Gasteiger partial charge in [-0.25, -0.2) is 4.98 Å². The van der Waals surface area contributed by atoms with E-state index in [1.54, 1.807) is 0 Å². The molecule has 0 fully saturated rings. The van der Waals surface area contributed by atoms with E-state index in [1.807, 2.05) is 20.8 Å². The van der Waals surface area contributed by atoms with Crippen molar-refractivity contribution in [3.8, 4) is 6.01 Å². The molecular weight excluding hydrogens is 260 g/mol. The number of nitrogens with zero attached hydrogens (tertiary/aromatic N) is 4. The first kappa shape index (κ1) is 14.0. The molecule has 108 valence electrons. The Hall–Kier alpha value is -2.38. The smallest absolute Gasteiger partial charge is 0.323 e. The van der Waals surface area contributed by atoms with Gasteiger partial charge in [-0.05, 0) is 20.3 Å². The first-order valence-corrected chi connectivity index (χ1v) is 6.39. The number of hydrogen-bond acceptors (Lipinski definition) is 8. The van der Waals surface area contributed by atoms with Gasteiger partial charge in [0.2, 0.25) is 17.8 Å². The molecule has 2 aromatic heterocycles. The topological polar surface area (TPSA) is 112 Å². The highest BCUT2D eigenvalue weighted by Crippen LogP contribution is 2.12. The zero-order valence-corrected chi connectivity index (χ0v) is 11.8. The maximum atomic E-state index is 5.61. The standard InChI is InChI=1S/C12H18N6O2/c1-4-5-19-12-17-10(13)16-11(18-12)14-6-9-15-7(2)8(3)20-9/h4-6H2,1-3H3,(H3,13,14,16,17,18). The van der Waals surface area contributed by atoms with E-state index in [9.17, 15) is 0 Å². The first-order valence-electron chi connectivity index (χ1n) is 6.39. The number of ether oxygens (including phenoxy) is 1. The second-order valence-corrected chi connectivity index (χ2v) is 4.25. The Labute approximate surface area is 116 Å². The van der Waals surface area contributed by atoms with Crippen molar-refractivity contribution in [1.29, 1.82) is 0 Å². The highest BCUT2D eigenvalue weighted by Gasteiger charge is 2.08. The summed E-state index contributed by atoms with van der Waals surface area (Å²) < 4.78 is 10.8. The number of anilines is 2. The Morgan fingerprint density at radius 3 is 2.65 bits per heavy atom. The number of nitrogens with two attached hydrogens (primary N) is 1. The van der Waals surface area contributed by atoms with Gasteiger partial charge in [0.25, 0.3) is 0 Å². The van der Waals surface area contributed by atoms with E-state index in [0.29, 0.717) is 25.0 Å². The van der Waals surface area contributed by atoms with Crippen LogP contribution >= 0.6 is 0 Å². The van der Waals surface area contributed by atoms with E-state index in [2.05, 4.69) is 25.3 Å². The molecule has 3 N–H and O–H groups in total. The molecule has 0 saturated carbocycles. The molecule has 2 rings (SSSR count). The summed E-state index contributed by atoms with van der Waals surface area (Å²) in [6.07, 6.45) is 0.864. The predicted octanol–water partition coefficient (Wildman–Crippen LogP) is 1.46. The number of nitrogens with one attached hydrogen (secondary N) is 1. The number of hydrogen-bond donors (Lipinski definition) is 2. The molecule has 0 atom stereocenters. The quantitative estimate of drug-likeness (QED) is 0.816. The minimum absolute atomic E-state index is 0.105. The first-order chi connectivity index (χ1) is 9.58. The largest absolute Gasteiger partial charge is 0.463 e. The highest BCUT2D eigenvalue weighted by molar-refractivity contribution is 5.32. The van der Waals surface area contributed by atoms with Crippen molar-refractivity contribution in [2.24, 2.45) is 0 Å². The minimum Gasteiger partial charge on any atom is -0.463 e.